The van der Waals surface area contributed by atoms with Crippen LogP contribution in [-0.2, 0) is 5.41 Å². The van der Waals surface area contributed by atoms with Crippen molar-refractivity contribution in [2.75, 3.05) is 0 Å². The highest BCUT2D eigenvalue weighted by Crippen LogP contribution is 2.65. The van der Waals surface area contributed by atoms with E-state index in [2.05, 4.69) is 34.0 Å². The smallest absolute Gasteiger partial charge is 0.227 e. The molecule has 4 nitrogen and oxygen atoms in total. The summed E-state index contributed by atoms with van der Waals surface area (Å²) in [5.74, 6) is 0. The molecule has 7 rings (SSSR count). The lowest BCUT2D eigenvalue weighted by atomic mass is 9.68. The van der Waals surface area contributed by atoms with Gasteiger partial charge in [0, 0.05) is 49.8 Å². The van der Waals surface area contributed by atoms with E-state index in [4.69, 9.17) is 23.7 Å². The van der Waals surface area contributed by atoms with Gasteiger partial charge in [-0.15, -0.1) is 56.7 Å². The van der Waals surface area contributed by atoms with Gasteiger partial charge in [-0.3, -0.25) is 0 Å². The Morgan fingerprint density at radius 2 is 1.34 bits per heavy atom. The first kappa shape index (κ1) is 26.1. The summed E-state index contributed by atoms with van der Waals surface area (Å²) in [7, 11) is 0. The van der Waals surface area contributed by atoms with Crippen molar-refractivity contribution in [2.45, 2.75) is 37.5 Å². The molecule has 1 saturated carbocycles. The van der Waals surface area contributed by atoms with Crippen molar-refractivity contribution in [1.29, 1.82) is 10.5 Å². The first-order valence-electron chi connectivity index (χ1n) is 13.0. The fourth-order valence-electron chi connectivity index (χ4n) is 6.02. The maximum Gasteiger partial charge on any atom is 0.263 e. The summed E-state index contributed by atoms with van der Waals surface area (Å²) in [6, 6.07) is 16.9. The Hall–Kier alpha value is -3.80. The van der Waals surface area contributed by atoms with Gasteiger partial charge in [0.1, 0.15) is 0 Å². The third-order valence-electron chi connectivity index (χ3n) is 7.77. The van der Waals surface area contributed by atoms with E-state index in [1.807, 2.05) is 58.3 Å². The predicted molar refractivity (Wildman–Crippen MR) is 174 cm³/mol. The van der Waals surface area contributed by atoms with Crippen LogP contribution in [0, 0.1) is 35.8 Å². The van der Waals surface area contributed by atoms with Crippen LogP contribution in [0.15, 0.2) is 47.8 Å². The summed E-state index contributed by atoms with van der Waals surface area (Å²) >= 11 is 8.96. The molecule has 0 amide bonds. The van der Waals surface area contributed by atoms with Gasteiger partial charge in [0.15, 0.2) is 0 Å². The second kappa shape index (κ2) is 10.2. The minimum Gasteiger partial charge on any atom is -0.227 e. The van der Waals surface area contributed by atoms with Crippen molar-refractivity contribution < 1.29 is 0 Å². The molecule has 1 fully saturated rings. The summed E-state index contributed by atoms with van der Waals surface area (Å²) in [6.07, 6.45) is 9.47. The van der Waals surface area contributed by atoms with E-state index >= 15 is 0 Å². The van der Waals surface area contributed by atoms with Crippen LogP contribution in [-0.4, -0.2) is 0 Å². The van der Waals surface area contributed by atoms with E-state index in [1.165, 1.54) is 76.3 Å². The van der Waals surface area contributed by atoms with Gasteiger partial charge < -0.3 is 0 Å². The summed E-state index contributed by atoms with van der Waals surface area (Å²) in [5.41, 5.74) is 3.33. The number of allylic oxidation sites excluding steroid dienone is 2. The number of hydrogen-bond acceptors (Lipinski definition) is 7. The molecule has 5 aromatic rings. The molecule has 5 heterocycles. The molecule has 2 aliphatic carbocycles. The van der Waals surface area contributed by atoms with Crippen LogP contribution in [0.3, 0.4) is 0 Å². The third-order valence-corrected chi connectivity index (χ3v) is 13.9. The van der Waals surface area contributed by atoms with Gasteiger partial charge in [0.05, 0.1) is 34.9 Å². The molecular formula is C32H18N4S5. The van der Waals surface area contributed by atoms with Gasteiger partial charge in [0.25, 0.3) is 11.4 Å². The van der Waals surface area contributed by atoms with Gasteiger partial charge in [-0.2, -0.15) is 0 Å². The normalized spacial score (nSPS) is 15.7. The highest BCUT2D eigenvalue weighted by atomic mass is 32.1. The lowest BCUT2D eigenvalue weighted by Gasteiger charge is -2.35. The molecular weight excluding hydrogens is 601 g/mol. The maximum atomic E-state index is 9.15. The number of hydrogen-bond donors (Lipinski definition) is 0. The van der Waals surface area contributed by atoms with Crippen molar-refractivity contribution in [2.24, 2.45) is 0 Å². The monoisotopic (exact) mass is 618 g/mol. The SMILES string of the molecule is [C-]#[N+]/C(C#N)=C\c1ccc(-c2cc3sc4c(c3s2)C2(CCCCC2)c2cc(-c3ccc(/C=C(\C#N)[N+]#[C-])s3)sc2-4)s1. The topological polar surface area (TPSA) is 56.3 Å². The molecule has 0 radical (unpaired) electrons. The number of rotatable bonds is 4. The van der Waals surface area contributed by atoms with Crippen LogP contribution in [0.1, 0.15) is 53.0 Å². The standard InChI is InChI=1S/C32H18N4S5/c1-35-18(16-33)12-20-6-8-23(37-20)25-14-22-29(39-25)31-28(32(22)10-4-3-5-11-32)30-27(41-31)15-26(40-30)24-9-7-21(38-24)13-19(17-34)36-2/h6-9,12-15H,3-5,10-11H2/b18-12+,19-13-. The zero-order valence-electron chi connectivity index (χ0n) is 21.5. The van der Waals surface area contributed by atoms with Gasteiger partial charge in [0.2, 0.25) is 0 Å². The molecule has 0 N–H and O–H groups in total. The van der Waals surface area contributed by atoms with Crippen LogP contribution >= 0.6 is 56.7 Å². The highest BCUT2D eigenvalue weighted by Gasteiger charge is 2.48. The van der Waals surface area contributed by atoms with E-state index in [-0.39, 0.29) is 16.8 Å². The molecule has 5 aromatic heterocycles. The van der Waals surface area contributed by atoms with Crippen molar-refractivity contribution in [3.8, 4) is 41.4 Å². The molecule has 0 saturated heterocycles. The quantitative estimate of drug-likeness (QED) is 0.149. The minimum absolute atomic E-state index is 0.0663. The van der Waals surface area contributed by atoms with Gasteiger partial charge in [-0.25, -0.2) is 20.2 Å². The van der Waals surface area contributed by atoms with E-state index < -0.39 is 0 Å². The zero-order chi connectivity index (χ0) is 28.1. The highest BCUT2D eigenvalue weighted by molar-refractivity contribution is 7.34. The lowest BCUT2D eigenvalue weighted by molar-refractivity contribution is 0.356. The summed E-state index contributed by atoms with van der Waals surface area (Å²) < 4.78 is 2.76. The molecule has 0 bridgehead atoms. The van der Waals surface area contributed by atoms with Gasteiger partial charge in [-0.05, 0) is 67.0 Å². The van der Waals surface area contributed by atoms with Crippen LogP contribution in [0.5, 0.6) is 0 Å². The van der Waals surface area contributed by atoms with Crippen LogP contribution in [0.2, 0.25) is 0 Å². The molecule has 196 valence electrons. The molecule has 0 aliphatic heterocycles. The Kier molecular flexibility index (Phi) is 6.52. The van der Waals surface area contributed by atoms with Crippen molar-refractivity contribution in [3.05, 3.63) is 91.5 Å². The number of fused-ring (bicyclic) bond motifs is 7. The van der Waals surface area contributed by atoms with Crippen molar-refractivity contribution in [1.82, 2.24) is 0 Å². The Morgan fingerprint density at radius 1 is 0.732 bits per heavy atom. The Bertz CT molecular complexity index is 2060. The maximum absolute atomic E-state index is 9.15. The predicted octanol–water partition coefficient (Wildman–Crippen LogP) is 11.3. The zero-order valence-corrected chi connectivity index (χ0v) is 25.6. The number of nitrogens with zero attached hydrogens (tertiary/aromatic N) is 4. The molecule has 9 heteroatoms. The first-order valence-corrected chi connectivity index (χ1v) is 17.1. The molecule has 41 heavy (non-hydrogen) atoms. The van der Waals surface area contributed by atoms with E-state index in [1.54, 1.807) is 40.4 Å². The van der Waals surface area contributed by atoms with E-state index in [0.29, 0.717) is 0 Å². The minimum atomic E-state index is 0.0663. The van der Waals surface area contributed by atoms with E-state index in [9.17, 15) is 0 Å². The fourth-order valence-corrected chi connectivity index (χ4v) is 12.3. The number of thiophene rings is 5. The van der Waals surface area contributed by atoms with Crippen molar-refractivity contribution >= 4 is 78.2 Å². The van der Waals surface area contributed by atoms with Crippen LogP contribution < -0.4 is 0 Å². The molecule has 2 aliphatic rings. The average molecular weight is 619 g/mol. The second-order valence-corrected chi connectivity index (χ2v) is 15.4. The van der Waals surface area contributed by atoms with Gasteiger partial charge >= 0.3 is 0 Å². The average Bonchev–Trinajstić information content (AvgIpc) is 3.82. The van der Waals surface area contributed by atoms with E-state index in [0.717, 1.165) is 9.75 Å². The van der Waals surface area contributed by atoms with Crippen LogP contribution in [0.25, 0.3) is 60.5 Å². The summed E-state index contributed by atoms with van der Waals surface area (Å²) in [5, 5.41) is 18.3. The summed E-state index contributed by atoms with van der Waals surface area (Å²) in [4.78, 5) is 16.2. The number of nitriles is 2. The summed E-state index contributed by atoms with van der Waals surface area (Å²) in [6.45, 7) is 14.3. The molecule has 0 aromatic carbocycles. The first-order chi connectivity index (χ1) is 20.1. The van der Waals surface area contributed by atoms with Gasteiger partial charge in [-0.1, -0.05) is 19.3 Å². The van der Waals surface area contributed by atoms with Crippen molar-refractivity contribution in [3.63, 3.8) is 0 Å². The Morgan fingerprint density at radius 3 is 1.93 bits per heavy atom. The third kappa shape index (κ3) is 4.22. The lowest BCUT2D eigenvalue weighted by Crippen LogP contribution is -2.27. The fraction of sp³-hybridized carbons (Fsp3) is 0.188. The van der Waals surface area contributed by atoms with Crippen LogP contribution in [0.4, 0.5) is 0 Å². The largest absolute Gasteiger partial charge is 0.263 e. The Balaban J connectivity index is 1.30. The molecule has 1 spiro atoms. The molecule has 0 unspecified atom stereocenters. The second-order valence-electron chi connectivity index (χ2n) is 10.0. The Labute approximate surface area is 257 Å². The molecule has 0 atom stereocenters.